The van der Waals surface area contributed by atoms with Gasteiger partial charge in [-0.25, -0.2) is 12.8 Å². The molecular formula is C18H19FN2O5S. The van der Waals surface area contributed by atoms with Gasteiger partial charge in [-0.15, -0.1) is 0 Å². The molecule has 0 aromatic heterocycles. The Labute approximate surface area is 156 Å². The summed E-state index contributed by atoms with van der Waals surface area (Å²) in [7, 11) is -4.13. The molecule has 2 aromatic carbocycles. The smallest absolute Gasteiger partial charge is 0.326 e. The van der Waals surface area contributed by atoms with E-state index in [0.29, 0.717) is 5.69 Å². The molecule has 0 saturated carbocycles. The van der Waals surface area contributed by atoms with Gasteiger partial charge in [-0.3, -0.25) is 13.9 Å². The van der Waals surface area contributed by atoms with Crippen LogP contribution in [0, 0.1) is 5.82 Å². The lowest BCUT2D eigenvalue weighted by Crippen LogP contribution is -2.36. The summed E-state index contributed by atoms with van der Waals surface area (Å²) in [5.74, 6) is -1.56. The first kappa shape index (κ1) is 20.4. The molecule has 2 rings (SSSR count). The number of hydrogen-bond acceptors (Lipinski definition) is 5. The maximum absolute atomic E-state index is 13.2. The van der Waals surface area contributed by atoms with E-state index in [9.17, 15) is 22.4 Å². The normalized spacial score (nSPS) is 10.9. The van der Waals surface area contributed by atoms with Gasteiger partial charge in [0, 0.05) is 12.6 Å². The molecule has 0 aliphatic carbocycles. The largest absolute Gasteiger partial charge is 0.465 e. The fourth-order valence-electron chi connectivity index (χ4n) is 2.29. The number of nitrogens with one attached hydrogen (secondary N) is 1. The second-order valence-electron chi connectivity index (χ2n) is 5.50. The Hall–Kier alpha value is -2.94. The molecule has 0 radical (unpaired) electrons. The van der Waals surface area contributed by atoms with Gasteiger partial charge in [-0.05, 0) is 55.5 Å². The number of rotatable bonds is 7. The van der Waals surface area contributed by atoms with Gasteiger partial charge in [-0.2, -0.15) is 0 Å². The summed E-state index contributed by atoms with van der Waals surface area (Å²) in [6.07, 6.45) is 0. The number of nitrogens with zero attached hydrogens (tertiary/aromatic N) is 1. The highest BCUT2D eigenvalue weighted by Crippen LogP contribution is 2.25. The van der Waals surface area contributed by atoms with Crippen LogP contribution in [0.5, 0.6) is 0 Å². The van der Waals surface area contributed by atoms with Gasteiger partial charge < -0.3 is 10.1 Å². The van der Waals surface area contributed by atoms with Crippen LogP contribution in [-0.2, 0) is 24.3 Å². The number of benzene rings is 2. The van der Waals surface area contributed by atoms with Crippen molar-refractivity contribution in [3.63, 3.8) is 0 Å². The summed E-state index contributed by atoms with van der Waals surface area (Å²) >= 11 is 0. The fraction of sp³-hybridized carbons (Fsp3) is 0.222. The lowest BCUT2D eigenvalue weighted by atomic mass is 10.3. The number of sulfonamides is 1. The number of carbonyl (C=O) groups is 2. The lowest BCUT2D eigenvalue weighted by Gasteiger charge is -2.23. The van der Waals surface area contributed by atoms with Gasteiger partial charge in [0.25, 0.3) is 10.0 Å². The summed E-state index contributed by atoms with van der Waals surface area (Å²) < 4.78 is 45.0. The van der Waals surface area contributed by atoms with Crippen molar-refractivity contribution in [3.8, 4) is 0 Å². The zero-order valence-corrected chi connectivity index (χ0v) is 15.6. The summed E-state index contributed by atoms with van der Waals surface area (Å²) in [6, 6.07) is 10.2. The van der Waals surface area contributed by atoms with Crippen LogP contribution in [0.25, 0.3) is 0 Å². The maximum atomic E-state index is 13.2. The average molecular weight is 394 g/mol. The number of carbonyl (C=O) groups excluding carboxylic acids is 2. The molecule has 1 N–H and O–H groups in total. The van der Waals surface area contributed by atoms with Crippen LogP contribution in [-0.4, -0.2) is 33.4 Å². The number of amides is 1. The highest BCUT2D eigenvalue weighted by Gasteiger charge is 2.27. The molecule has 2 aromatic rings. The number of halogens is 1. The van der Waals surface area contributed by atoms with Crippen molar-refractivity contribution in [2.75, 3.05) is 22.8 Å². The molecule has 0 fully saturated rings. The zero-order chi connectivity index (χ0) is 20.0. The van der Waals surface area contributed by atoms with Crippen molar-refractivity contribution in [3.05, 3.63) is 54.3 Å². The second-order valence-corrected chi connectivity index (χ2v) is 7.36. The van der Waals surface area contributed by atoms with E-state index in [4.69, 9.17) is 4.74 Å². The van der Waals surface area contributed by atoms with Gasteiger partial charge in [-0.1, -0.05) is 0 Å². The van der Waals surface area contributed by atoms with Crippen molar-refractivity contribution >= 4 is 33.3 Å². The predicted octanol–water partition coefficient (Wildman–Crippen LogP) is 2.54. The van der Waals surface area contributed by atoms with E-state index in [1.807, 2.05) is 0 Å². The molecule has 0 heterocycles. The van der Waals surface area contributed by atoms with Crippen molar-refractivity contribution in [2.45, 2.75) is 18.7 Å². The summed E-state index contributed by atoms with van der Waals surface area (Å²) in [6.45, 7) is 2.48. The van der Waals surface area contributed by atoms with Crippen molar-refractivity contribution < 1.29 is 27.1 Å². The number of ether oxygens (including phenoxy) is 1. The minimum atomic E-state index is -4.13. The maximum Gasteiger partial charge on any atom is 0.326 e. The standard InChI is InChI=1S/C18H19FN2O5S/c1-3-26-18(23)12-21(16-8-4-14(19)5-9-16)27(24,25)17-10-6-15(7-11-17)20-13(2)22/h4-11H,3,12H2,1-2H3,(H,20,22). The second kappa shape index (κ2) is 8.63. The first-order valence-electron chi connectivity index (χ1n) is 8.05. The molecule has 1 amide bonds. The minimum Gasteiger partial charge on any atom is -0.465 e. The Balaban J connectivity index is 2.41. The minimum absolute atomic E-state index is 0.0924. The molecule has 7 nitrogen and oxygen atoms in total. The predicted molar refractivity (Wildman–Crippen MR) is 98.3 cm³/mol. The highest BCUT2D eigenvalue weighted by molar-refractivity contribution is 7.92. The van der Waals surface area contributed by atoms with Gasteiger partial charge in [0.2, 0.25) is 5.91 Å². The molecule has 0 spiro atoms. The molecule has 0 aliphatic rings. The quantitative estimate of drug-likeness (QED) is 0.729. The van der Waals surface area contributed by atoms with E-state index in [0.717, 1.165) is 16.4 Å². The molecule has 144 valence electrons. The van der Waals surface area contributed by atoms with Crippen LogP contribution < -0.4 is 9.62 Å². The van der Waals surface area contributed by atoms with Crippen molar-refractivity contribution in [2.24, 2.45) is 0 Å². The van der Waals surface area contributed by atoms with Crippen LogP contribution in [0.4, 0.5) is 15.8 Å². The molecule has 9 heteroatoms. The highest BCUT2D eigenvalue weighted by atomic mass is 32.2. The Morgan fingerprint density at radius 3 is 2.19 bits per heavy atom. The van der Waals surface area contributed by atoms with Crippen LogP contribution in [0.2, 0.25) is 0 Å². The Kier molecular flexibility index (Phi) is 6.51. The number of esters is 1. The van der Waals surface area contributed by atoms with E-state index >= 15 is 0 Å². The van der Waals surface area contributed by atoms with Crippen LogP contribution >= 0.6 is 0 Å². The third kappa shape index (κ3) is 5.27. The first-order chi connectivity index (χ1) is 12.7. The van der Waals surface area contributed by atoms with Gasteiger partial charge in [0.05, 0.1) is 17.2 Å². The molecule has 0 aliphatic heterocycles. The monoisotopic (exact) mass is 394 g/mol. The zero-order valence-electron chi connectivity index (χ0n) is 14.8. The van der Waals surface area contributed by atoms with Crippen molar-refractivity contribution in [1.82, 2.24) is 0 Å². The van der Waals surface area contributed by atoms with Crippen LogP contribution in [0.1, 0.15) is 13.8 Å². The van der Waals surface area contributed by atoms with E-state index in [1.54, 1.807) is 6.92 Å². The Bertz CT molecular complexity index is 912. The van der Waals surface area contributed by atoms with Crippen molar-refractivity contribution in [1.29, 1.82) is 0 Å². The SMILES string of the molecule is CCOC(=O)CN(c1ccc(F)cc1)S(=O)(=O)c1ccc(NC(C)=O)cc1. The topological polar surface area (TPSA) is 92.8 Å². The molecule has 0 unspecified atom stereocenters. The van der Waals surface area contributed by atoms with Gasteiger partial charge >= 0.3 is 5.97 Å². The number of hydrogen-bond donors (Lipinski definition) is 1. The Morgan fingerprint density at radius 1 is 1.07 bits per heavy atom. The molecule has 0 saturated heterocycles. The van der Waals surface area contributed by atoms with E-state index in [1.165, 1.54) is 43.3 Å². The third-order valence-electron chi connectivity index (χ3n) is 3.46. The summed E-state index contributed by atoms with van der Waals surface area (Å²) in [5.41, 5.74) is 0.551. The number of anilines is 2. The molecule has 27 heavy (non-hydrogen) atoms. The lowest BCUT2D eigenvalue weighted by molar-refractivity contribution is -0.141. The van der Waals surface area contributed by atoms with Gasteiger partial charge in [0.15, 0.2) is 0 Å². The summed E-state index contributed by atoms with van der Waals surface area (Å²) in [4.78, 5) is 22.9. The van der Waals surface area contributed by atoms with E-state index in [-0.39, 0.29) is 23.1 Å². The van der Waals surface area contributed by atoms with Crippen LogP contribution in [0.3, 0.4) is 0 Å². The van der Waals surface area contributed by atoms with E-state index in [2.05, 4.69) is 5.32 Å². The third-order valence-corrected chi connectivity index (χ3v) is 5.24. The summed E-state index contributed by atoms with van der Waals surface area (Å²) in [5, 5.41) is 2.54. The molecule has 0 atom stereocenters. The fourth-order valence-corrected chi connectivity index (χ4v) is 3.70. The Morgan fingerprint density at radius 2 is 1.67 bits per heavy atom. The first-order valence-corrected chi connectivity index (χ1v) is 9.49. The van der Waals surface area contributed by atoms with Crippen LogP contribution in [0.15, 0.2) is 53.4 Å². The molecular weight excluding hydrogens is 375 g/mol. The average Bonchev–Trinajstić information content (AvgIpc) is 2.61. The molecule has 0 bridgehead atoms. The van der Waals surface area contributed by atoms with E-state index < -0.39 is 28.4 Å². The van der Waals surface area contributed by atoms with Gasteiger partial charge in [0.1, 0.15) is 12.4 Å².